The first-order valence-electron chi connectivity index (χ1n) is 7.35. The predicted octanol–water partition coefficient (Wildman–Crippen LogP) is 2.58. The van der Waals surface area contributed by atoms with E-state index in [1.54, 1.807) is 0 Å². The topological polar surface area (TPSA) is 24.5 Å². The van der Waals surface area contributed by atoms with Crippen LogP contribution in [0.1, 0.15) is 38.8 Å². The van der Waals surface area contributed by atoms with E-state index in [0.29, 0.717) is 12.1 Å². The van der Waals surface area contributed by atoms with E-state index in [4.69, 9.17) is 4.74 Å². The largest absolute Gasteiger partial charge is 0.487 e. The van der Waals surface area contributed by atoms with Crippen molar-refractivity contribution < 1.29 is 4.74 Å². The number of ether oxygens (including phenoxy) is 1. The SMILES string of the molecule is CCN(C1CNC1)C1CC(C)(C)Oc2ccccc21. The van der Waals surface area contributed by atoms with Gasteiger partial charge in [0.2, 0.25) is 0 Å². The highest BCUT2D eigenvalue weighted by molar-refractivity contribution is 5.39. The van der Waals surface area contributed by atoms with Crippen LogP contribution in [0.3, 0.4) is 0 Å². The number of likely N-dealkylation sites (N-methyl/N-ethyl adjacent to an activating group) is 1. The molecule has 3 nitrogen and oxygen atoms in total. The van der Waals surface area contributed by atoms with Crippen molar-refractivity contribution in [1.82, 2.24) is 10.2 Å². The third kappa shape index (κ3) is 2.37. The zero-order chi connectivity index (χ0) is 13.5. The Kier molecular flexibility index (Phi) is 3.27. The van der Waals surface area contributed by atoms with Crippen molar-refractivity contribution in [2.45, 2.75) is 44.9 Å². The highest BCUT2D eigenvalue weighted by Crippen LogP contribution is 2.43. The van der Waals surface area contributed by atoms with Crippen LogP contribution in [0.2, 0.25) is 0 Å². The molecule has 1 aromatic carbocycles. The minimum absolute atomic E-state index is 0.0797. The minimum Gasteiger partial charge on any atom is -0.487 e. The maximum atomic E-state index is 6.13. The number of hydrogen-bond donors (Lipinski definition) is 1. The van der Waals surface area contributed by atoms with Crippen LogP contribution in [-0.4, -0.2) is 36.2 Å². The van der Waals surface area contributed by atoms with E-state index >= 15 is 0 Å². The van der Waals surface area contributed by atoms with Gasteiger partial charge in [-0.1, -0.05) is 25.1 Å². The standard InChI is InChI=1S/C16H24N2O/c1-4-18(12-10-17-11-12)14-9-16(2,3)19-15-8-6-5-7-13(14)15/h5-8,12,14,17H,4,9-11H2,1-3H3. The summed E-state index contributed by atoms with van der Waals surface area (Å²) in [4.78, 5) is 2.64. The number of hydrogen-bond acceptors (Lipinski definition) is 3. The van der Waals surface area contributed by atoms with Gasteiger partial charge in [-0.3, -0.25) is 4.90 Å². The summed E-state index contributed by atoms with van der Waals surface area (Å²) in [6, 6.07) is 9.69. The number of nitrogens with one attached hydrogen (secondary N) is 1. The molecule has 3 rings (SSSR count). The van der Waals surface area contributed by atoms with Gasteiger partial charge < -0.3 is 10.1 Å². The molecule has 1 N–H and O–H groups in total. The molecule has 0 spiro atoms. The van der Waals surface area contributed by atoms with Crippen LogP contribution >= 0.6 is 0 Å². The summed E-state index contributed by atoms with van der Waals surface area (Å²) in [6.45, 7) is 10.00. The Morgan fingerprint density at radius 1 is 1.32 bits per heavy atom. The maximum absolute atomic E-state index is 6.13. The van der Waals surface area contributed by atoms with Crippen molar-refractivity contribution in [3.63, 3.8) is 0 Å². The molecule has 2 heterocycles. The molecule has 0 aromatic heterocycles. The van der Waals surface area contributed by atoms with Crippen LogP contribution < -0.4 is 10.1 Å². The van der Waals surface area contributed by atoms with Gasteiger partial charge in [-0.15, -0.1) is 0 Å². The molecule has 19 heavy (non-hydrogen) atoms. The molecule has 1 unspecified atom stereocenters. The third-order valence-electron chi connectivity index (χ3n) is 4.34. The molecule has 1 saturated heterocycles. The molecule has 0 bridgehead atoms. The molecule has 1 atom stereocenters. The highest BCUT2D eigenvalue weighted by atomic mass is 16.5. The monoisotopic (exact) mass is 260 g/mol. The van der Waals surface area contributed by atoms with Crippen molar-refractivity contribution in [2.24, 2.45) is 0 Å². The lowest BCUT2D eigenvalue weighted by Gasteiger charge is -2.47. The van der Waals surface area contributed by atoms with Crippen molar-refractivity contribution in [2.75, 3.05) is 19.6 Å². The van der Waals surface area contributed by atoms with Gasteiger partial charge in [-0.05, 0) is 26.5 Å². The first kappa shape index (κ1) is 12.9. The second-order valence-electron chi connectivity index (χ2n) is 6.26. The molecular weight excluding hydrogens is 236 g/mol. The van der Waals surface area contributed by atoms with E-state index in [1.165, 1.54) is 5.56 Å². The van der Waals surface area contributed by atoms with Gasteiger partial charge in [0, 0.05) is 37.2 Å². The zero-order valence-electron chi connectivity index (χ0n) is 12.1. The van der Waals surface area contributed by atoms with Crippen molar-refractivity contribution in [1.29, 1.82) is 0 Å². The first-order chi connectivity index (χ1) is 9.11. The van der Waals surface area contributed by atoms with Gasteiger partial charge >= 0.3 is 0 Å². The van der Waals surface area contributed by atoms with Gasteiger partial charge in [-0.25, -0.2) is 0 Å². The van der Waals surface area contributed by atoms with Gasteiger partial charge in [0.25, 0.3) is 0 Å². The van der Waals surface area contributed by atoms with E-state index in [1.807, 2.05) is 0 Å². The van der Waals surface area contributed by atoms with Crippen LogP contribution in [0.4, 0.5) is 0 Å². The second-order valence-corrected chi connectivity index (χ2v) is 6.26. The Hall–Kier alpha value is -1.06. The van der Waals surface area contributed by atoms with E-state index in [-0.39, 0.29) is 5.60 Å². The second kappa shape index (κ2) is 4.80. The van der Waals surface area contributed by atoms with Crippen LogP contribution in [0.15, 0.2) is 24.3 Å². The zero-order valence-corrected chi connectivity index (χ0v) is 12.1. The van der Waals surface area contributed by atoms with Crippen LogP contribution in [0.5, 0.6) is 5.75 Å². The van der Waals surface area contributed by atoms with Crippen LogP contribution in [0.25, 0.3) is 0 Å². The molecule has 0 radical (unpaired) electrons. The lowest BCUT2D eigenvalue weighted by molar-refractivity contribution is 0.00680. The molecule has 1 aromatic rings. The minimum atomic E-state index is -0.0797. The van der Waals surface area contributed by atoms with E-state index in [0.717, 1.165) is 31.8 Å². The van der Waals surface area contributed by atoms with Crippen molar-refractivity contribution in [3.05, 3.63) is 29.8 Å². The molecule has 2 aliphatic heterocycles. The van der Waals surface area contributed by atoms with Gasteiger partial charge in [0.15, 0.2) is 0 Å². The smallest absolute Gasteiger partial charge is 0.124 e. The highest BCUT2D eigenvalue weighted by Gasteiger charge is 2.39. The number of para-hydroxylation sites is 1. The lowest BCUT2D eigenvalue weighted by atomic mass is 9.87. The summed E-state index contributed by atoms with van der Waals surface area (Å²) in [5.41, 5.74) is 1.28. The Morgan fingerprint density at radius 3 is 2.68 bits per heavy atom. The quantitative estimate of drug-likeness (QED) is 0.904. The average Bonchev–Trinajstić information content (AvgIpc) is 2.31. The molecule has 2 aliphatic rings. The van der Waals surface area contributed by atoms with Crippen molar-refractivity contribution >= 4 is 0 Å². The molecule has 1 fully saturated rings. The normalized spacial score (nSPS) is 25.6. The lowest BCUT2D eigenvalue weighted by Crippen LogP contribution is -2.59. The Balaban J connectivity index is 1.94. The summed E-state index contributed by atoms with van der Waals surface area (Å²) in [5, 5.41) is 3.39. The Labute approximate surface area is 115 Å². The van der Waals surface area contributed by atoms with Crippen molar-refractivity contribution in [3.8, 4) is 5.75 Å². The van der Waals surface area contributed by atoms with E-state index in [9.17, 15) is 0 Å². The van der Waals surface area contributed by atoms with Crippen LogP contribution in [0, 0.1) is 0 Å². The molecular formula is C16H24N2O. The fourth-order valence-corrected chi connectivity index (χ4v) is 3.30. The van der Waals surface area contributed by atoms with Gasteiger partial charge in [0.1, 0.15) is 11.4 Å². The van der Waals surface area contributed by atoms with Gasteiger partial charge in [-0.2, -0.15) is 0 Å². The fourth-order valence-electron chi connectivity index (χ4n) is 3.30. The first-order valence-corrected chi connectivity index (χ1v) is 7.35. The number of benzene rings is 1. The number of nitrogens with zero attached hydrogens (tertiary/aromatic N) is 1. The van der Waals surface area contributed by atoms with Crippen LogP contribution in [-0.2, 0) is 0 Å². The summed E-state index contributed by atoms with van der Waals surface area (Å²) in [6.07, 6.45) is 1.06. The predicted molar refractivity (Wildman–Crippen MR) is 77.5 cm³/mol. The fraction of sp³-hybridized carbons (Fsp3) is 0.625. The maximum Gasteiger partial charge on any atom is 0.124 e. The summed E-state index contributed by atoms with van der Waals surface area (Å²) >= 11 is 0. The Bertz CT molecular complexity index is 454. The molecule has 0 amide bonds. The summed E-state index contributed by atoms with van der Waals surface area (Å²) in [7, 11) is 0. The molecule has 0 aliphatic carbocycles. The number of fused-ring (bicyclic) bond motifs is 1. The van der Waals surface area contributed by atoms with Gasteiger partial charge in [0.05, 0.1) is 0 Å². The third-order valence-corrected chi connectivity index (χ3v) is 4.34. The summed E-state index contributed by atoms with van der Waals surface area (Å²) < 4.78 is 6.13. The molecule has 0 saturated carbocycles. The average molecular weight is 260 g/mol. The summed E-state index contributed by atoms with van der Waals surface area (Å²) in [5.74, 6) is 1.06. The molecule has 104 valence electrons. The van der Waals surface area contributed by atoms with E-state index < -0.39 is 0 Å². The Morgan fingerprint density at radius 2 is 2.05 bits per heavy atom. The molecule has 3 heteroatoms. The van der Waals surface area contributed by atoms with E-state index in [2.05, 4.69) is 55.3 Å². The number of rotatable bonds is 3.